The zero-order chi connectivity index (χ0) is 15.3. The molecule has 0 aliphatic carbocycles. The molecule has 0 radical (unpaired) electrons. The number of rotatable bonds is 6. The highest BCUT2D eigenvalue weighted by Gasteiger charge is 2.39. The molecule has 1 aliphatic rings. The van der Waals surface area contributed by atoms with Gasteiger partial charge < -0.3 is 9.84 Å². The second-order valence-electron chi connectivity index (χ2n) is 5.58. The lowest BCUT2D eigenvalue weighted by molar-refractivity contribution is -0.152. The van der Waals surface area contributed by atoms with Gasteiger partial charge in [0.2, 0.25) is 0 Å². The van der Waals surface area contributed by atoms with Crippen molar-refractivity contribution in [1.29, 1.82) is 0 Å². The first-order chi connectivity index (χ1) is 10.1. The van der Waals surface area contributed by atoms with E-state index < -0.39 is 11.4 Å². The monoisotopic (exact) mass is 295 g/mol. The zero-order valence-corrected chi connectivity index (χ0v) is 12.3. The lowest BCUT2D eigenvalue weighted by atomic mass is 9.76. The van der Waals surface area contributed by atoms with Crippen molar-refractivity contribution >= 4 is 5.97 Å². The fourth-order valence-electron chi connectivity index (χ4n) is 2.75. The van der Waals surface area contributed by atoms with Crippen LogP contribution in [-0.2, 0) is 4.79 Å². The largest absolute Gasteiger partial charge is 0.492 e. The van der Waals surface area contributed by atoms with Gasteiger partial charge in [-0.05, 0) is 56.6 Å². The summed E-state index contributed by atoms with van der Waals surface area (Å²) < 4.78 is 18.3. The molecule has 0 bridgehead atoms. The molecule has 21 heavy (non-hydrogen) atoms. The molecular formula is C16H22FNO3. The number of hydrogen-bond donors (Lipinski definition) is 1. The Morgan fingerprint density at radius 1 is 1.33 bits per heavy atom. The summed E-state index contributed by atoms with van der Waals surface area (Å²) in [6.45, 7) is 4.80. The molecule has 2 rings (SSSR count). The van der Waals surface area contributed by atoms with Gasteiger partial charge in [0.25, 0.3) is 0 Å². The number of benzene rings is 1. The lowest BCUT2D eigenvalue weighted by Crippen LogP contribution is -2.45. The highest BCUT2D eigenvalue weighted by molar-refractivity contribution is 5.74. The number of carboxylic acids is 1. The van der Waals surface area contributed by atoms with E-state index in [1.165, 1.54) is 12.1 Å². The maximum absolute atomic E-state index is 12.8. The third-order valence-electron chi connectivity index (χ3n) is 4.43. The van der Waals surface area contributed by atoms with Crippen LogP contribution in [0.1, 0.15) is 26.2 Å². The summed E-state index contributed by atoms with van der Waals surface area (Å²) in [5.74, 6) is -0.294. The number of likely N-dealkylation sites (tertiary alicyclic amines) is 1. The van der Waals surface area contributed by atoms with Gasteiger partial charge in [0.1, 0.15) is 18.2 Å². The maximum Gasteiger partial charge on any atom is 0.309 e. The SMILES string of the molecule is CCC1(C(=O)O)CCN(CCOc2ccc(F)cc2)CC1. The van der Waals surface area contributed by atoms with Gasteiger partial charge in [-0.15, -0.1) is 0 Å². The van der Waals surface area contributed by atoms with Crippen molar-refractivity contribution < 1.29 is 19.0 Å². The van der Waals surface area contributed by atoms with Crippen LogP contribution >= 0.6 is 0 Å². The lowest BCUT2D eigenvalue weighted by Gasteiger charge is -2.38. The average molecular weight is 295 g/mol. The molecule has 1 aromatic carbocycles. The average Bonchev–Trinajstić information content (AvgIpc) is 2.50. The van der Waals surface area contributed by atoms with E-state index in [1.54, 1.807) is 12.1 Å². The van der Waals surface area contributed by atoms with Crippen molar-refractivity contribution in [2.24, 2.45) is 5.41 Å². The minimum Gasteiger partial charge on any atom is -0.492 e. The first-order valence-corrected chi connectivity index (χ1v) is 7.40. The number of aliphatic carboxylic acids is 1. The van der Waals surface area contributed by atoms with Crippen LogP contribution in [-0.4, -0.2) is 42.2 Å². The van der Waals surface area contributed by atoms with Crippen LogP contribution in [0.2, 0.25) is 0 Å². The van der Waals surface area contributed by atoms with Crippen LogP contribution in [0.25, 0.3) is 0 Å². The van der Waals surface area contributed by atoms with Crippen LogP contribution in [0.5, 0.6) is 5.75 Å². The van der Waals surface area contributed by atoms with Crippen molar-refractivity contribution in [3.63, 3.8) is 0 Å². The normalized spacial score (nSPS) is 18.4. The summed E-state index contributed by atoms with van der Waals surface area (Å²) >= 11 is 0. The van der Waals surface area contributed by atoms with Crippen LogP contribution in [0.3, 0.4) is 0 Å². The summed E-state index contributed by atoms with van der Waals surface area (Å²) in [5.41, 5.74) is -0.547. The van der Waals surface area contributed by atoms with Gasteiger partial charge in [0, 0.05) is 6.54 Å². The predicted molar refractivity (Wildman–Crippen MR) is 77.9 cm³/mol. The first kappa shape index (κ1) is 15.8. The van der Waals surface area contributed by atoms with E-state index in [1.807, 2.05) is 6.92 Å². The van der Waals surface area contributed by atoms with Crippen LogP contribution in [0.4, 0.5) is 4.39 Å². The summed E-state index contributed by atoms with van der Waals surface area (Å²) in [5, 5.41) is 9.35. The highest BCUT2D eigenvalue weighted by Crippen LogP contribution is 2.34. The Bertz CT molecular complexity index is 467. The molecule has 1 aliphatic heterocycles. The molecule has 1 N–H and O–H groups in total. The number of carboxylic acid groups (broad SMARTS) is 1. The summed E-state index contributed by atoms with van der Waals surface area (Å²) in [4.78, 5) is 13.6. The third-order valence-corrected chi connectivity index (χ3v) is 4.43. The Hall–Kier alpha value is -1.62. The van der Waals surface area contributed by atoms with E-state index in [0.29, 0.717) is 31.6 Å². The molecule has 1 aromatic rings. The fraction of sp³-hybridized carbons (Fsp3) is 0.562. The van der Waals surface area contributed by atoms with E-state index in [-0.39, 0.29) is 5.82 Å². The number of halogens is 1. The predicted octanol–water partition coefficient (Wildman–Crippen LogP) is 2.78. The number of carbonyl (C=O) groups is 1. The van der Waals surface area contributed by atoms with Gasteiger partial charge in [-0.2, -0.15) is 0 Å². The molecule has 4 nitrogen and oxygen atoms in total. The molecule has 0 atom stereocenters. The van der Waals surface area contributed by atoms with Gasteiger partial charge in [-0.25, -0.2) is 4.39 Å². The van der Waals surface area contributed by atoms with Gasteiger partial charge in [0.05, 0.1) is 5.41 Å². The summed E-state index contributed by atoms with van der Waals surface area (Å²) in [7, 11) is 0. The maximum atomic E-state index is 12.8. The minimum atomic E-state index is -0.674. The van der Waals surface area contributed by atoms with Crippen molar-refractivity contribution in [2.45, 2.75) is 26.2 Å². The van der Waals surface area contributed by atoms with Crippen molar-refractivity contribution in [3.8, 4) is 5.75 Å². The molecule has 0 amide bonds. The molecule has 0 saturated carbocycles. The summed E-state index contributed by atoms with van der Waals surface area (Å²) in [6, 6.07) is 5.97. The Balaban J connectivity index is 1.74. The number of ether oxygens (including phenoxy) is 1. The van der Waals surface area contributed by atoms with Gasteiger partial charge >= 0.3 is 5.97 Å². The fourth-order valence-corrected chi connectivity index (χ4v) is 2.75. The van der Waals surface area contributed by atoms with E-state index in [4.69, 9.17) is 4.74 Å². The Morgan fingerprint density at radius 3 is 2.48 bits per heavy atom. The molecular weight excluding hydrogens is 273 g/mol. The van der Waals surface area contributed by atoms with Crippen molar-refractivity contribution in [2.75, 3.05) is 26.2 Å². The van der Waals surface area contributed by atoms with E-state index in [2.05, 4.69) is 4.90 Å². The molecule has 0 unspecified atom stereocenters. The number of piperidine rings is 1. The molecule has 1 heterocycles. The van der Waals surface area contributed by atoms with Crippen LogP contribution in [0.15, 0.2) is 24.3 Å². The smallest absolute Gasteiger partial charge is 0.309 e. The number of nitrogens with zero attached hydrogens (tertiary/aromatic N) is 1. The molecule has 0 aromatic heterocycles. The standard InChI is InChI=1S/C16H22FNO3/c1-2-16(15(19)20)7-9-18(10-8-16)11-12-21-14-5-3-13(17)4-6-14/h3-6H,2,7-12H2,1H3,(H,19,20). The molecule has 116 valence electrons. The topological polar surface area (TPSA) is 49.8 Å². The van der Waals surface area contributed by atoms with E-state index in [9.17, 15) is 14.3 Å². The third kappa shape index (κ3) is 3.94. The molecule has 0 spiro atoms. The quantitative estimate of drug-likeness (QED) is 0.876. The molecule has 5 heteroatoms. The van der Waals surface area contributed by atoms with Gasteiger partial charge in [-0.1, -0.05) is 6.92 Å². The van der Waals surface area contributed by atoms with Gasteiger partial charge in [0.15, 0.2) is 0 Å². The van der Waals surface area contributed by atoms with Crippen molar-refractivity contribution in [1.82, 2.24) is 4.90 Å². The van der Waals surface area contributed by atoms with E-state index in [0.717, 1.165) is 19.6 Å². The van der Waals surface area contributed by atoms with Crippen LogP contribution < -0.4 is 4.74 Å². The second kappa shape index (κ2) is 6.89. The molecule has 1 saturated heterocycles. The first-order valence-electron chi connectivity index (χ1n) is 7.40. The number of hydrogen-bond acceptors (Lipinski definition) is 3. The Morgan fingerprint density at radius 2 is 1.95 bits per heavy atom. The Labute approximate surface area is 124 Å². The van der Waals surface area contributed by atoms with Crippen LogP contribution in [0, 0.1) is 11.2 Å². The summed E-state index contributed by atoms with van der Waals surface area (Å²) in [6.07, 6.45) is 2.06. The van der Waals surface area contributed by atoms with E-state index >= 15 is 0 Å². The second-order valence-corrected chi connectivity index (χ2v) is 5.58. The highest BCUT2D eigenvalue weighted by atomic mass is 19.1. The zero-order valence-electron chi connectivity index (χ0n) is 12.3. The molecule has 1 fully saturated rings. The van der Waals surface area contributed by atoms with Crippen molar-refractivity contribution in [3.05, 3.63) is 30.1 Å². The van der Waals surface area contributed by atoms with Gasteiger partial charge in [-0.3, -0.25) is 9.69 Å². The minimum absolute atomic E-state index is 0.275. The Kier molecular flexibility index (Phi) is 5.17.